The van der Waals surface area contributed by atoms with E-state index in [-0.39, 0.29) is 17.7 Å². The van der Waals surface area contributed by atoms with Gasteiger partial charge in [-0.3, -0.25) is 9.59 Å². The van der Waals surface area contributed by atoms with Gasteiger partial charge >= 0.3 is 0 Å². The number of ether oxygens (including phenoxy) is 1. The van der Waals surface area contributed by atoms with Crippen molar-refractivity contribution >= 4 is 27.7 Å². The number of amides is 2. The Balaban J connectivity index is 1.42. The third kappa shape index (κ3) is 4.99. The fraction of sp³-hybridized carbons (Fsp3) is 0.240. The topological polar surface area (TPSA) is 62.7 Å². The monoisotopic (exact) mass is 493 g/mol. The molecule has 6 nitrogen and oxygen atoms in total. The predicted molar refractivity (Wildman–Crippen MR) is 126 cm³/mol. The molecule has 0 saturated carbocycles. The number of aryl methyl sites for hydroxylation is 1. The van der Waals surface area contributed by atoms with Gasteiger partial charge in [-0.05, 0) is 54.4 Å². The van der Waals surface area contributed by atoms with E-state index in [1.807, 2.05) is 48.5 Å². The summed E-state index contributed by atoms with van der Waals surface area (Å²) in [5.74, 6) is 0.712. The van der Waals surface area contributed by atoms with Crippen LogP contribution < -0.4 is 4.74 Å². The second-order valence-electron chi connectivity index (χ2n) is 7.55. The number of piperazine rings is 1. The molecule has 32 heavy (non-hydrogen) atoms. The molecule has 1 fully saturated rings. The largest absolute Gasteiger partial charge is 0.438 e. The zero-order chi connectivity index (χ0) is 22.5. The van der Waals surface area contributed by atoms with E-state index in [0.29, 0.717) is 43.1 Å². The van der Waals surface area contributed by atoms with E-state index in [1.165, 1.54) is 5.56 Å². The molecule has 0 bridgehead atoms. The fourth-order valence-corrected chi connectivity index (χ4v) is 4.00. The lowest BCUT2D eigenvalue weighted by molar-refractivity contribution is 0.0533. The van der Waals surface area contributed by atoms with Crippen LogP contribution in [0, 0.1) is 0 Å². The molecule has 1 aromatic heterocycles. The summed E-state index contributed by atoms with van der Waals surface area (Å²) in [6.07, 6.45) is 2.54. The van der Waals surface area contributed by atoms with Crippen LogP contribution in [0.1, 0.15) is 33.2 Å². The highest BCUT2D eigenvalue weighted by atomic mass is 79.9. The second kappa shape index (κ2) is 9.96. The van der Waals surface area contributed by atoms with Gasteiger partial charge in [0, 0.05) is 42.4 Å². The Kier molecular flexibility index (Phi) is 6.85. The van der Waals surface area contributed by atoms with E-state index >= 15 is 0 Å². The maximum Gasteiger partial charge on any atom is 0.259 e. The first-order valence-electron chi connectivity index (χ1n) is 10.6. The van der Waals surface area contributed by atoms with E-state index in [4.69, 9.17) is 4.74 Å². The van der Waals surface area contributed by atoms with Crippen molar-refractivity contribution in [3.63, 3.8) is 0 Å². The van der Waals surface area contributed by atoms with Crippen LogP contribution in [0.4, 0.5) is 0 Å². The summed E-state index contributed by atoms with van der Waals surface area (Å²) in [6, 6.07) is 18.6. The van der Waals surface area contributed by atoms with Gasteiger partial charge in [-0.2, -0.15) is 0 Å². The molecule has 1 saturated heterocycles. The standard InChI is InChI=1S/C25H24BrN3O3/c1-2-18-8-10-19(11-9-18)24(30)28-13-15-29(16-14-28)25(31)22-7-4-12-27-23(22)32-21-6-3-5-20(26)17-21/h3-12,17H,2,13-16H2,1H3. The van der Waals surface area contributed by atoms with Gasteiger partial charge in [-0.1, -0.05) is 41.1 Å². The Labute approximate surface area is 196 Å². The molecule has 0 spiro atoms. The Hall–Kier alpha value is -3.19. The molecular weight excluding hydrogens is 470 g/mol. The minimum absolute atomic E-state index is 0.000179. The maximum absolute atomic E-state index is 13.2. The van der Waals surface area contributed by atoms with Crippen LogP contribution in [0.25, 0.3) is 0 Å². The van der Waals surface area contributed by atoms with Crippen molar-refractivity contribution in [1.82, 2.24) is 14.8 Å². The van der Waals surface area contributed by atoms with E-state index < -0.39 is 0 Å². The zero-order valence-corrected chi connectivity index (χ0v) is 19.4. The van der Waals surface area contributed by atoms with Crippen molar-refractivity contribution in [2.24, 2.45) is 0 Å². The summed E-state index contributed by atoms with van der Waals surface area (Å²) in [5, 5.41) is 0. The van der Waals surface area contributed by atoms with E-state index in [1.54, 1.807) is 28.1 Å². The number of hydrogen-bond donors (Lipinski definition) is 0. The lowest BCUT2D eigenvalue weighted by atomic mass is 10.1. The summed E-state index contributed by atoms with van der Waals surface area (Å²) in [6.45, 7) is 3.99. The van der Waals surface area contributed by atoms with Crippen molar-refractivity contribution in [2.75, 3.05) is 26.2 Å². The quantitative estimate of drug-likeness (QED) is 0.512. The molecule has 2 heterocycles. The number of rotatable bonds is 5. The van der Waals surface area contributed by atoms with Gasteiger partial charge in [-0.15, -0.1) is 0 Å². The molecule has 0 unspecified atom stereocenters. The first-order chi connectivity index (χ1) is 15.5. The molecule has 1 aliphatic heterocycles. The Bertz CT molecular complexity index is 1110. The molecule has 0 atom stereocenters. The number of nitrogens with zero attached hydrogens (tertiary/aromatic N) is 3. The summed E-state index contributed by atoms with van der Waals surface area (Å²) in [4.78, 5) is 33.8. The highest BCUT2D eigenvalue weighted by Crippen LogP contribution is 2.26. The molecule has 2 amide bonds. The molecule has 0 aliphatic carbocycles. The molecular formula is C25H24BrN3O3. The minimum atomic E-state index is -0.150. The van der Waals surface area contributed by atoms with Gasteiger partial charge in [-0.25, -0.2) is 4.98 Å². The lowest BCUT2D eigenvalue weighted by Gasteiger charge is -2.35. The first-order valence-corrected chi connectivity index (χ1v) is 11.4. The predicted octanol–water partition coefficient (Wildman–Crippen LogP) is 4.80. The average Bonchev–Trinajstić information content (AvgIpc) is 2.84. The summed E-state index contributed by atoms with van der Waals surface area (Å²) >= 11 is 3.42. The Morgan fingerprint density at radius 3 is 2.28 bits per heavy atom. The van der Waals surface area contributed by atoms with Gasteiger partial charge in [0.2, 0.25) is 5.88 Å². The number of hydrogen-bond acceptors (Lipinski definition) is 4. The fourth-order valence-electron chi connectivity index (χ4n) is 3.63. The number of carbonyl (C=O) groups excluding carboxylic acids is 2. The number of benzene rings is 2. The SMILES string of the molecule is CCc1ccc(C(=O)N2CCN(C(=O)c3cccnc3Oc3cccc(Br)c3)CC2)cc1. The van der Waals surface area contributed by atoms with Gasteiger partial charge < -0.3 is 14.5 Å². The van der Waals surface area contributed by atoms with Crippen LogP contribution in [0.5, 0.6) is 11.6 Å². The first kappa shape index (κ1) is 22.0. The summed E-state index contributed by atoms with van der Waals surface area (Å²) in [7, 11) is 0. The average molecular weight is 494 g/mol. The smallest absolute Gasteiger partial charge is 0.259 e. The van der Waals surface area contributed by atoms with Gasteiger partial charge in [0.1, 0.15) is 11.3 Å². The normalized spacial score (nSPS) is 13.7. The van der Waals surface area contributed by atoms with Gasteiger partial charge in [0.25, 0.3) is 11.8 Å². The third-order valence-electron chi connectivity index (χ3n) is 5.48. The lowest BCUT2D eigenvalue weighted by Crippen LogP contribution is -2.50. The highest BCUT2D eigenvalue weighted by Gasteiger charge is 2.27. The number of aromatic nitrogens is 1. The Morgan fingerprint density at radius 2 is 1.62 bits per heavy atom. The van der Waals surface area contributed by atoms with Crippen LogP contribution in [0.2, 0.25) is 0 Å². The molecule has 0 N–H and O–H groups in total. The van der Waals surface area contributed by atoms with E-state index in [9.17, 15) is 9.59 Å². The van der Waals surface area contributed by atoms with Crippen LogP contribution in [-0.2, 0) is 6.42 Å². The molecule has 3 aromatic rings. The molecule has 164 valence electrons. The molecule has 0 radical (unpaired) electrons. The molecule has 4 rings (SSSR count). The zero-order valence-electron chi connectivity index (χ0n) is 17.8. The van der Waals surface area contributed by atoms with Crippen LogP contribution >= 0.6 is 15.9 Å². The van der Waals surface area contributed by atoms with Gasteiger partial charge in [0.05, 0.1) is 0 Å². The molecule has 1 aliphatic rings. The van der Waals surface area contributed by atoms with E-state index in [0.717, 1.165) is 10.9 Å². The van der Waals surface area contributed by atoms with Crippen molar-refractivity contribution in [1.29, 1.82) is 0 Å². The number of halogens is 1. The number of pyridine rings is 1. The summed E-state index contributed by atoms with van der Waals surface area (Å²) in [5.41, 5.74) is 2.29. The van der Waals surface area contributed by atoms with Crippen LogP contribution in [0.3, 0.4) is 0 Å². The van der Waals surface area contributed by atoms with Crippen molar-refractivity contribution in [3.8, 4) is 11.6 Å². The van der Waals surface area contributed by atoms with Crippen LogP contribution in [-0.4, -0.2) is 52.8 Å². The van der Waals surface area contributed by atoms with Gasteiger partial charge in [0.15, 0.2) is 0 Å². The van der Waals surface area contributed by atoms with Crippen molar-refractivity contribution in [3.05, 3.63) is 88.0 Å². The summed E-state index contributed by atoms with van der Waals surface area (Å²) < 4.78 is 6.76. The molecule has 2 aromatic carbocycles. The van der Waals surface area contributed by atoms with Crippen LogP contribution in [0.15, 0.2) is 71.3 Å². The minimum Gasteiger partial charge on any atom is -0.438 e. The van der Waals surface area contributed by atoms with Crippen molar-refractivity contribution < 1.29 is 14.3 Å². The van der Waals surface area contributed by atoms with E-state index in [2.05, 4.69) is 27.8 Å². The third-order valence-corrected chi connectivity index (χ3v) is 5.97. The van der Waals surface area contributed by atoms with Crippen molar-refractivity contribution in [2.45, 2.75) is 13.3 Å². The Morgan fingerprint density at radius 1 is 0.938 bits per heavy atom. The number of carbonyl (C=O) groups is 2. The highest BCUT2D eigenvalue weighted by molar-refractivity contribution is 9.10. The molecule has 7 heteroatoms. The maximum atomic E-state index is 13.2. The second-order valence-corrected chi connectivity index (χ2v) is 8.47.